The van der Waals surface area contributed by atoms with Crippen LogP contribution in [0.5, 0.6) is 0 Å². The normalized spacial score (nSPS) is 12.4. The summed E-state index contributed by atoms with van der Waals surface area (Å²) in [7, 11) is -8.37. The monoisotopic (exact) mass is 284 g/mol. The van der Waals surface area contributed by atoms with Gasteiger partial charge in [-0.25, -0.2) is 0 Å². The molecule has 17 heavy (non-hydrogen) atoms. The second kappa shape index (κ2) is 6.29. The summed E-state index contributed by atoms with van der Waals surface area (Å²) in [6, 6.07) is 0. The minimum atomic E-state index is -4.19. The first-order valence-electron chi connectivity index (χ1n) is 4.57. The smallest absolute Gasteiger partial charge is 0.265 e. The maximum absolute atomic E-state index is 11.3. The SMILES string of the molecule is C=C(C)COS(=O)(=O)CS(=O)(=O)OCC(=C)C. The highest BCUT2D eigenvalue weighted by molar-refractivity contribution is 8.03. The predicted octanol–water partition coefficient (Wildman–Crippen LogP) is 0.789. The van der Waals surface area contributed by atoms with E-state index in [1.165, 1.54) is 0 Å². The van der Waals surface area contributed by atoms with E-state index >= 15 is 0 Å². The molecule has 0 rings (SSSR count). The second-order valence-electron chi connectivity index (χ2n) is 3.67. The second-order valence-corrected chi connectivity index (χ2v) is 7.32. The molecule has 0 aliphatic carbocycles. The molecule has 0 spiro atoms. The molecule has 0 N–H and O–H groups in total. The Balaban J connectivity index is 4.49. The molecule has 100 valence electrons. The first-order valence-corrected chi connectivity index (χ1v) is 7.72. The van der Waals surface area contributed by atoms with E-state index in [4.69, 9.17) is 0 Å². The molecular weight excluding hydrogens is 268 g/mol. The molecule has 0 aliphatic heterocycles. The van der Waals surface area contributed by atoms with Crippen LogP contribution in [0.4, 0.5) is 0 Å². The van der Waals surface area contributed by atoms with Crippen LogP contribution in [0.25, 0.3) is 0 Å². The number of rotatable bonds is 8. The maximum Gasteiger partial charge on any atom is 0.284 e. The van der Waals surface area contributed by atoms with Gasteiger partial charge in [0, 0.05) is 0 Å². The molecule has 0 aliphatic rings. The summed E-state index contributed by atoms with van der Waals surface area (Å²) < 4.78 is 53.9. The molecule has 6 nitrogen and oxygen atoms in total. The van der Waals surface area contributed by atoms with Gasteiger partial charge in [0.25, 0.3) is 20.2 Å². The Morgan fingerprint density at radius 2 is 1.18 bits per heavy atom. The number of hydrogen-bond donors (Lipinski definition) is 0. The molecule has 0 aromatic heterocycles. The third-order valence-corrected chi connectivity index (χ3v) is 4.52. The molecule has 0 bridgehead atoms. The fourth-order valence-electron chi connectivity index (χ4n) is 0.626. The van der Waals surface area contributed by atoms with Gasteiger partial charge in [-0.05, 0) is 13.8 Å². The molecule has 0 unspecified atom stereocenters. The minimum Gasteiger partial charge on any atom is -0.265 e. The Labute approximate surface area is 102 Å². The van der Waals surface area contributed by atoms with Gasteiger partial charge in [-0.3, -0.25) is 8.37 Å². The van der Waals surface area contributed by atoms with Crippen LogP contribution in [0.2, 0.25) is 0 Å². The summed E-state index contributed by atoms with van der Waals surface area (Å²) in [6.07, 6.45) is 0. The largest absolute Gasteiger partial charge is 0.284 e. The van der Waals surface area contributed by atoms with Crippen LogP contribution in [0, 0.1) is 0 Å². The lowest BCUT2D eigenvalue weighted by atomic mass is 10.4. The van der Waals surface area contributed by atoms with E-state index in [1.807, 2.05) is 0 Å². The van der Waals surface area contributed by atoms with E-state index in [1.54, 1.807) is 13.8 Å². The molecule has 0 saturated carbocycles. The number of hydrogen-bond acceptors (Lipinski definition) is 6. The molecule has 0 heterocycles. The van der Waals surface area contributed by atoms with Crippen molar-refractivity contribution >= 4 is 20.2 Å². The minimum absolute atomic E-state index is 0.252. The molecule has 8 heteroatoms. The van der Waals surface area contributed by atoms with Crippen molar-refractivity contribution in [3.8, 4) is 0 Å². The third-order valence-electron chi connectivity index (χ3n) is 1.26. The topological polar surface area (TPSA) is 86.7 Å². The van der Waals surface area contributed by atoms with Gasteiger partial charge in [0.2, 0.25) is 5.08 Å². The van der Waals surface area contributed by atoms with Crippen molar-refractivity contribution in [1.82, 2.24) is 0 Å². The van der Waals surface area contributed by atoms with Crippen LogP contribution < -0.4 is 0 Å². The summed E-state index contributed by atoms with van der Waals surface area (Å²) >= 11 is 0. The van der Waals surface area contributed by atoms with E-state index in [0.29, 0.717) is 11.1 Å². The highest BCUT2D eigenvalue weighted by atomic mass is 32.3. The lowest BCUT2D eigenvalue weighted by molar-refractivity contribution is 0.339. The quantitative estimate of drug-likeness (QED) is 0.484. The first-order chi connectivity index (χ1) is 7.54. The summed E-state index contributed by atoms with van der Waals surface area (Å²) in [5.41, 5.74) is 0.933. The van der Waals surface area contributed by atoms with Gasteiger partial charge in [0.1, 0.15) is 0 Å². The van der Waals surface area contributed by atoms with Gasteiger partial charge >= 0.3 is 0 Å². The first kappa shape index (κ1) is 16.3. The van der Waals surface area contributed by atoms with E-state index < -0.39 is 25.3 Å². The van der Waals surface area contributed by atoms with Crippen LogP contribution in [0.3, 0.4) is 0 Å². The molecular formula is C9H16O6S2. The van der Waals surface area contributed by atoms with Crippen LogP contribution in [0.1, 0.15) is 13.8 Å². The standard InChI is InChI=1S/C9H16O6S2/c1-8(2)5-14-16(10,11)7-17(12,13)15-6-9(3)4/h1,3,5-7H2,2,4H3. The van der Waals surface area contributed by atoms with Gasteiger partial charge in [-0.1, -0.05) is 24.3 Å². The molecule has 0 aromatic carbocycles. The molecule has 0 atom stereocenters. The van der Waals surface area contributed by atoms with Gasteiger partial charge in [0.05, 0.1) is 13.2 Å². The fourth-order valence-corrected chi connectivity index (χ4v) is 3.35. The highest BCUT2D eigenvalue weighted by Gasteiger charge is 2.24. The van der Waals surface area contributed by atoms with Crippen molar-refractivity contribution in [2.75, 3.05) is 18.3 Å². The van der Waals surface area contributed by atoms with Crippen molar-refractivity contribution in [1.29, 1.82) is 0 Å². The summed E-state index contributed by atoms with van der Waals surface area (Å²) in [6.45, 7) is 9.48. The van der Waals surface area contributed by atoms with Crippen molar-refractivity contribution in [2.45, 2.75) is 13.8 Å². The van der Waals surface area contributed by atoms with Gasteiger partial charge in [-0.15, -0.1) is 0 Å². The zero-order valence-corrected chi connectivity index (χ0v) is 11.4. The lowest BCUT2D eigenvalue weighted by Crippen LogP contribution is -2.21. The third kappa shape index (κ3) is 9.04. The lowest BCUT2D eigenvalue weighted by Gasteiger charge is -2.07. The summed E-state index contributed by atoms with van der Waals surface area (Å²) in [5.74, 6) is 0. The average molecular weight is 284 g/mol. The van der Waals surface area contributed by atoms with Gasteiger partial charge < -0.3 is 0 Å². The van der Waals surface area contributed by atoms with Gasteiger partial charge in [-0.2, -0.15) is 16.8 Å². The Morgan fingerprint density at radius 3 is 1.41 bits per heavy atom. The Kier molecular flexibility index (Phi) is 6.03. The van der Waals surface area contributed by atoms with Crippen molar-refractivity contribution < 1.29 is 25.2 Å². The molecule has 0 aromatic rings. The zero-order valence-electron chi connectivity index (χ0n) is 9.80. The average Bonchev–Trinajstić information content (AvgIpc) is 2.10. The molecule has 0 saturated heterocycles. The summed E-state index contributed by atoms with van der Waals surface area (Å²) in [4.78, 5) is 0. The van der Waals surface area contributed by atoms with E-state index in [2.05, 4.69) is 21.5 Å². The fraction of sp³-hybridized carbons (Fsp3) is 0.556. The van der Waals surface area contributed by atoms with E-state index in [0.717, 1.165) is 0 Å². The van der Waals surface area contributed by atoms with Crippen LogP contribution in [-0.4, -0.2) is 35.1 Å². The van der Waals surface area contributed by atoms with Crippen LogP contribution in [-0.2, 0) is 28.6 Å². The Morgan fingerprint density at radius 1 is 0.882 bits per heavy atom. The highest BCUT2D eigenvalue weighted by Crippen LogP contribution is 2.05. The van der Waals surface area contributed by atoms with Crippen molar-refractivity contribution in [3.63, 3.8) is 0 Å². The Bertz CT molecular complexity index is 440. The van der Waals surface area contributed by atoms with E-state index in [9.17, 15) is 16.8 Å². The van der Waals surface area contributed by atoms with Gasteiger partial charge in [0.15, 0.2) is 0 Å². The van der Waals surface area contributed by atoms with Crippen LogP contribution >= 0.6 is 0 Å². The zero-order chi connectivity index (χ0) is 13.7. The van der Waals surface area contributed by atoms with Crippen molar-refractivity contribution in [2.24, 2.45) is 0 Å². The predicted molar refractivity (Wildman–Crippen MR) is 64.2 cm³/mol. The maximum atomic E-state index is 11.3. The summed E-state index contributed by atoms with van der Waals surface area (Å²) in [5, 5.41) is -1.22. The molecule has 0 fully saturated rings. The molecule has 0 radical (unpaired) electrons. The Hall–Kier alpha value is -0.700. The van der Waals surface area contributed by atoms with Crippen LogP contribution in [0.15, 0.2) is 24.3 Å². The van der Waals surface area contributed by atoms with E-state index in [-0.39, 0.29) is 13.2 Å². The van der Waals surface area contributed by atoms with Crippen molar-refractivity contribution in [3.05, 3.63) is 24.3 Å². The molecule has 0 amide bonds.